The SMILES string of the molecule is Cc1cc(C(=O)NCC(C)C)ccc1NC(=O)CCc1nc2ccccc2[nH]1. The molecule has 6 heteroatoms. The Bertz CT molecular complexity index is 958. The van der Waals surface area contributed by atoms with Gasteiger partial charge in [0.05, 0.1) is 11.0 Å². The van der Waals surface area contributed by atoms with Crippen molar-refractivity contribution in [3.63, 3.8) is 0 Å². The van der Waals surface area contributed by atoms with Gasteiger partial charge in [-0.25, -0.2) is 4.98 Å². The number of rotatable bonds is 7. The number of para-hydroxylation sites is 2. The second-order valence-electron chi connectivity index (χ2n) is 7.38. The fourth-order valence-electron chi connectivity index (χ4n) is 2.91. The maximum absolute atomic E-state index is 12.3. The zero-order valence-corrected chi connectivity index (χ0v) is 16.5. The molecule has 6 nitrogen and oxygen atoms in total. The first-order valence-electron chi connectivity index (χ1n) is 9.54. The Morgan fingerprint density at radius 2 is 1.93 bits per heavy atom. The molecule has 0 bridgehead atoms. The summed E-state index contributed by atoms with van der Waals surface area (Å²) in [6.45, 7) is 6.62. The number of amides is 2. The molecule has 28 heavy (non-hydrogen) atoms. The van der Waals surface area contributed by atoms with E-state index < -0.39 is 0 Å². The van der Waals surface area contributed by atoms with Crippen LogP contribution in [0.25, 0.3) is 11.0 Å². The summed E-state index contributed by atoms with van der Waals surface area (Å²) in [5.74, 6) is 1.01. The topological polar surface area (TPSA) is 86.9 Å². The number of hydrogen-bond donors (Lipinski definition) is 3. The predicted octanol–water partition coefficient (Wildman–Crippen LogP) is 3.83. The molecule has 2 aromatic carbocycles. The Hall–Kier alpha value is -3.15. The number of aromatic amines is 1. The second kappa shape index (κ2) is 8.69. The fourth-order valence-corrected chi connectivity index (χ4v) is 2.91. The van der Waals surface area contributed by atoms with Gasteiger partial charge in [0.15, 0.2) is 0 Å². The van der Waals surface area contributed by atoms with Crippen LogP contribution in [0.5, 0.6) is 0 Å². The van der Waals surface area contributed by atoms with Crippen LogP contribution in [0, 0.1) is 12.8 Å². The van der Waals surface area contributed by atoms with Gasteiger partial charge < -0.3 is 15.6 Å². The molecule has 0 aliphatic rings. The summed E-state index contributed by atoms with van der Waals surface area (Å²) in [6.07, 6.45) is 0.866. The summed E-state index contributed by atoms with van der Waals surface area (Å²) in [5, 5.41) is 5.82. The van der Waals surface area contributed by atoms with Crippen molar-refractivity contribution < 1.29 is 9.59 Å². The smallest absolute Gasteiger partial charge is 0.251 e. The summed E-state index contributed by atoms with van der Waals surface area (Å²) in [6, 6.07) is 13.1. The molecular weight excluding hydrogens is 352 g/mol. The zero-order chi connectivity index (χ0) is 20.1. The van der Waals surface area contributed by atoms with Gasteiger partial charge in [-0.05, 0) is 48.7 Å². The number of aromatic nitrogens is 2. The van der Waals surface area contributed by atoms with Crippen molar-refractivity contribution in [3.05, 3.63) is 59.4 Å². The molecule has 1 aromatic heterocycles. The van der Waals surface area contributed by atoms with Gasteiger partial charge in [0.2, 0.25) is 5.91 Å². The van der Waals surface area contributed by atoms with Crippen molar-refractivity contribution in [3.8, 4) is 0 Å². The van der Waals surface area contributed by atoms with Gasteiger partial charge >= 0.3 is 0 Å². The van der Waals surface area contributed by atoms with Crippen molar-refractivity contribution in [2.45, 2.75) is 33.6 Å². The van der Waals surface area contributed by atoms with Gasteiger partial charge in [-0.1, -0.05) is 26.0 Å². The van der Waals surface area contributed by atoms with Crippen molar-refractivity contribution in [1.29, 1.82) is 0 Å². The van der Waals surface area contributed by atoms with Crippen LogP contribution >= 0.6 is 0 Å². The van der Waals surface area contributed by atoms with E-state index in [9.17, 15) is 9.59 Å². The molecule has 0 unspecified atom stereocenters. The summed E-state index contributed by atoms with van der Waals surface area (Å²) in [4.78, 5) is 32.2. The fraction of sp³-hybridized carbons (Fsp3) is 0.318. The van der Waals surface area contributed by atoms with Gasteiger partial charge in [0, 0.05) is 30.6 Å². The summed E-state index contributed by atoms with van der Waals surface area (Å²) in [5.41, 5.74) is 4.04. The normalized spacial score (nSPS) is 11.0. The van der Waals surface area contributed by atoms with E-state index in [1.54, 1.807) is 18.2 Å². The molecule has 0 radical (unpaired) electrons. The number of H-pyrrole nitrogens is 1. The van der Waals surface area contributed by atoms with E-state index in [0.717, 1.165) is 28.1 Å². The first-order chi connectivity index (χ1) is 13.4. The monoisotopic (exact) mass is 378 g/mol. The highest BCUT2D eigenvalue weighted by molar-refractivity contribution is 5.96. The number of nitrogens with one attached hydrogen (secondary N) is 3. The van der Waals surface area contributed by atoms with E-state index in [4.69, 9.17) is 0 Å². The Morgan fingerprint density at radius 3 is 2.64 bits per heavy atom. The summed E-state index contributed by atoms with van der Waals surface area (Å²) < 4.78 is 0. The van der Waals surface area contributed by atoms with Crippen molar-refractivity contribution >= 4 is 28.5 Å². The highest BCUT2D eigenvalue weighted by Crippen LogP contribution is 2.18. The first-order valence-corrected chi connectivity index (χ1v) is 9.54. The van der Waals surface area contributed by atoms with Crippen molar-refractivity contribution in [1.82, 2.24) is 15.3 Å². The molecule has 0 saturated heterocycles. The summed E-state index contributed by atoms with van der Waals surface area (Å²) >= 11 is 0. The van der Waals surface area contributed by atoms with Crippen LogP contribution in [0.1, 0.15) is 42.0 Å². The van der Waals surface area contributed by atoms with Gasteiger partial charge in [0.1, 0.15) is 5.82 Å². The van der Waals surface area contributed by atoms with E-state index in [1.807, 2.05) is 31.2 Å². The highest BCUT2D eigenvalue weighted by atomic mass is 16.2. The number of benzene rings is 2. The number of fused-ring (bicyclic) bond motifs is 1. The lowest BCUT2D eigenvalue weighted by Gasteiger charge is -2.11. The van der Waals surface area contributed by atoms with Gasteiger partial charge in [0.25, 0.3) is 5.91 Å². The molecule has 3 aromatic rings. The lowest BCUT2D eigenvalue weighted by molar-refractivity contribution is -0.116. The van der Waals surface area contributed by atoms with Crippen LogP contribution < -0.4 is 10.6 Å². The second-order valence-corrected chi connectivity index (χ2v) is 7.38. The van der Waals surface area contributed by atoms with E-state index in [1.165, 1.54) is 0 Å². The molecule has 0 fully saturated rings. The lowest BCUT2D eigenvalue weighted by atomic mass is 10.1. The van der Waals surface area contributed by atoms with Crippen LogP contribution in [0.15, 0.2) is 42.5 Å². The molecule has 2 amide bonds. The zero-order valence-electron chi connectivity index (χ0n) is 16.5. The third-order valence-corrected chi connectivity index (χ3v) is 4.46. The van der Waals surface area contributed by atoms with Crippen molar-refractivity contribution in [2.24, 2.45) is 5.92 Å². The Morgan fingerprint density at radius 1 is 1.14 bits per heavy atom. The molecule has 0 aliphatic carbocycles. The number of aryl methyl sites for hydroxylation is 2. The Kier molecular flexibility index (Phi) is 6.09. The highest BCUT2D eigenvalue weighted by Gasteiger charge is 2.11. The average molecular weight is 378 g/mol. The van der Waals surface area contributed by atoms with Crippen LogP contribution in [0.3, 0.4) is 0 Å². The molecule has 0 atom stereocenters. The van der Waals surface area contributed by atoms with Gasteiger partial charge in [-0.3, -0.25) is 9.59 Å². The molecule has 3 rings (SSSR count). The first kappa shape index (κ1) is 19.6. The standard InChI is InChI=1S/C22H26N4O2/c1-14(2)13-23-22(28)16-8-9-17(15(3)12-16)26-21(27)11-10-20-24-18-6-4-5-7-19(18)25-20/h4-9,12,14H,10-11,13H2,1-3H3,(H,23,28)(H,24,25)(H,26,27). The van der Waals surface area contributed by atoms with E-state index in [0.29, 0.717) is 30.9 Å². The van der Waals surface area contributed by atoms with E-state index in [-0.39, 0.29) is 11.8 Å². The number of carbonyl (C=O) groups excluding carboxylic acids is 2. The minimum atomic E-state index is -0.0976. The number of hydrogen-bond acceptors (Lipinski definition) is 3. The molecular formula is C22H26N4O2. The third kappa shape index (κ3) is 4.97. The number of carbonyl (C=O) groups is 2. The number of anilines is 1. The molecule has 0 saturated carbocycles. The average Bonchev–Trinajstić information content (AvgIpc) is 3.09. The largest absolute Gasteiger partial charge is 0.352 e. The molecule has 0 spiro atoms. The van der Waals surface area contributed by atoms with Crippen molar-refractivity contribution in [2.75, 3.05) is 11.9 Å². The number of imidazole rings is 1. The minimum Gasteiger partial charge on any atom is -0.352 e. The quantitative estimate of drug-likeness (QED) is 0.584. The van der Waals surface area contributed by atoms with Crippen LogP contribution in [0.4, 0.5) is 5.69 Å². The maximum Gasteiger partial charge on any atom is 0.251 e. The molecule has 0 aliphatic heterocycles. The molecule has 146 valence electrons. The van der Waals surface area contributed by atoms with Crippen LogP contribution in [-0.2, 0) is 11.2 Å². The predicted molar refractivity (Wildman–Crippen MR) is 111 cm³/mol. The summed E-state index contributed by atoms with van der Waals surface area (Å²) in [7, 11) is 0. The van der Waals surface area contributed by atoms with E-state index >= 15 is 0 Å². The van der Waals surface area contributed by atoms with Crippen LogP contribution in [0.2, 0.25) is 0 Å². The molecule has 1 heterocycles. The third-order valence-electron chi connectivity index (χ3n) is 4.46. The lowest BCUT2D eigenvalue weighted by Crippen LogP contribution is -2.27. The van der Waals surface area contributed by atoms with Gasteiger partial charge in [-0.15, -0.1) is 0 Å². The van der Waals surface area contributed by atoms with Crippen LogP contribution in [-0.4, -0.2) is 28.3 Å². The molecule has 3 N–H and O–H groups in total. The maximum atomic E-state index is 12.3. The number of nitrogens with zero attached hydrogens (tertiary/aromatic N) is 1. The minimum absolute atomic E-state index is 0.0828. The Labute approximate surface area is 164 Å². The van der Waals surface area contributed by atoms with Gasteiger partial charge in [-0.2, -0.15) is 0 Å². The van der Waals surface area contributed by atoms with E-state index in [2.05, 4.69) is 34.4 Å². The Balaban J connectivity index is 1.56.